The Morgan fingerprint density at radius 3 is 2.58 bits per heavy atom. The molecule has 2 rings (SSSR count). The smallest absolute Gasteiger partial charge is 0.261 e. The van der Waals surface area contributed by atoms with Crippen LogP contribution in [0.2, 0.25) is 5.02 Å². The van der Waals surface area contributed by atoms with E-state index in [0.717, 1.165) is 6.42 Å². The molecule has 1 fully saturated rings. The average molecular weight is 322 g/mol. The molecule has 0 bridgehead atoms. The Labute approximate surface area is 121 Å². The molecule has 0 radical (unpaired) electrons. The van der Waals surface area contributed by atoms with Crippen molar-refractivity contribution < 1.29 is 13.2 Å². The predicted octanol–water partition coefficient (Wildman–Crippen LogP) is 2.65. The fraction of sp³-hybridized carbons (Fsp3) is 0.417. The maximum Gasteiger partial charge on any atom is 0.261 e. The Balaban J connectivity index is 2.15. The molecule has 4 nitrogen and oxygen atoms in total. The highest BCUT2D eigenvalue weighted by atomic mass is 35.7. The summed E-state index contributed by atoms with van der Waals surface area (Å²) in [5.74, 6) is 0.806. The van der Waals surface area contributed by atoms with Crippen LogP contribution in [0, 0.1) is 11.8 Å². The Hall–Kier alpha value is -0.780. The molecule has 1 aliphatic carbocycles. The molecule has 104 valence electrons. The van der Waals surface area contributed by atoms with Crippen LogP contribution in [-0.2, 0) is 9.05 Å². The van der Waals surface area contributed by atoms with Crippen LogP contribution in [-0.4, -0.2) is 20.9 Å². The van der Waals surface area contributed by atoms with Gasteiger partial charge < -0.3 is 5.32 Å². The molecule has 2 atom stereocenters. The van der Waals surface area contributed by atoms with Gasteiger partial charge in [-0.15, -0.1) is 0 Å². The molecule has 1 amide bonds. The SMILES string of the molecule is CC1CC1CNC(=O)c1cc(Cl)cc(S(=O)(=O)Cl)c1. The maximum absolute atomic E-state index is 11.9. The Kier molecular flexibility index (Phi) is 4.08. The third kappa shape index (κ3) is 3.84. The quantitative estimate of drug-likeness (QED) is 0.867. The Morgan fingerprint density at radius 1 is 1.42 bits per heavy atom. The van der Waals surface area contributed by atoms with Crippen molar-refractivity contribution in [3.05, 3.63) is 28.8 Å². The predicted molar refractivity (Wildman–Crippen MR) is 74.1 cm³/mol. The molecule has 1 aliphatic rings. The third-order valence-electron chi connectivity index (χ3n) is 3.22. The lowest BCUT2D eigenvalue weighted by Gasteiger charge is -2.06. The van der Waals surface area contributed by atoms with Gasteiger partial charge in [0.1, 0.15) is 0 Å². The van der Waals surface area contributed by atoms with Gasteiger partial charge in [0.05, 0.1) is 4.90 Å². The van der Waals surface area contributed by atoms with E-state index in [1.165, 1.54) is 18.2 Å². The van der Waals surface area contributed by atoms with E-state index in [4.69, 9.17) is 22.3 Å². The van der Waals surface area contributed by atoms with Gasteiger partial charge in [0, 0.05) is 27.8 Å². The first kappa shape index (κ1) is 14.6. The normalized spacial score (nSPS) is 22.1. The highest BCUT2D eigenvalue weighted by molar-refractivity contribution is 8.13. The van der Waals surface area contributed by atoms with Crippen LogP contribution in [0.1, 0.15) is 23.7 Å². The highest BCUT2D eigenvalue weighted by Gasteiger charge is 2.32. The summed E-state index contributed by atoms with van der Waals surface area (Å²) in [6, 6.07) is 3.85. The average Bonchev–Trinajstić information content (AvgIpc) is 3.00. The van der Waals surface area contributed by atoms with Crippen molar-refractivity contribution in [3.8, 4) is 0 Å². The zero-order valence-corrected chi connectivity index (χ0v) is 12.5. The van der Waals surface area contributed by atoms with Gasteiger partial charge in [0.15, 0.2) is 0 Å². The summed E-state index contributed by atoms with van der Waals surface area (Å²) in [7, 11) is 1.34. The second kappa shape index (κ2) is 5.31. The number of nitrogens with one attached hydrogen (secondary N) is 1. The minimum Gasteiger partial charge on any atom is -0.352 e. The lowest BCUT2D eigenvalue weighted by Crippen LogP contribution is -2.26. The minimum absolute atomic E-state index is 0.159. The molecule has 1 aromatic carbocycles. The third-order valence-corrected chi connectivity index (χ3v) is 4.77. The molecule has 1 aromatic rings. The number of rotatable bonds is 4. The second-order valence-electron chi connectivity index (χ2n) is 4.80. The standard InChI is InChI=1S/C12H13Cl2NO3S/c1-7-2-9(7)6-15-12(16)8-3-10(13)5-11(4-8)19(14,17)18/h3-5,7,9H,2,6H2,1H3,(H,15,16). The van der Waals surface area contributed by atoms with Gasteiger partial charge in [0.25, 0.3) is 15.0 Å². The van der Waals surface area contributed by atoms with Crippen molar-refractivity contribution in [2.45, 2.75) is 18.2 Å². The molecule has 2 unspecified atom stereocenters. The number of benzene rings is 1. The first-order chi connectivity index (χ1) is 8.77. The number of carbonyl (C=O) groups excluding carboxylic acids is 1. The summed E-state index contributed by atoms with van der Waals surface area (Å²) in [6.45, 7) is 2.71. The van der Waals surface area contributed by atoms with Gasteiger partial charge in [-0.25, -0.2) is 8.42 Å². The Bertz CT molecular complexity index is 615. The van der Waals surface area contributed by atoms with Gasteiger partial charge in [-0.2, -0.15) is 0 Å². The molecule has 1 N–H and O–H groups in total. The van der Waals surface area contributed by atoms with E-state index >= 15 is 0 Å². The van der Waals surface area contributed by atoms with E-state index in [2.05, 4.69) is 12.2 Å². The number of hydrogen-bond acceptors (Lipinski definition) is 3. The molecule has 0 aromatic heterocycles. The van der Waals surface area contributed by atoms with Crippen LogP contribution in [0.5, 0.6) is 0 Å². The molecular weight excluding hydrogens is 309 g/mol. The molecule has 0 spiro atoms. The van der Waals surface area contributed by atoms with Gasteiger partial charge in [-0.3, -0.25) is 4.79 Å². The fourth-order valence-electron chi connectivity index (χ4n) is 1.84. The van der Waals surface area contributed by atoms with Crippen molar-refractivity contribution in [2.24, 2.45) is 11.8 Å². The largest absolute Gasteiger partial charge is 0.352 e. The van der Waals surface area contributed by atoms with Crippen molar-refractivity contribution in [1.29, 1.82) is 0 Å². The summed E-state index contributed by atoms with van der Waals surface area (Å²) < 4.78 is 22.5. The maximum atomic E-state index is 11.9. The fourth-order valence-corrected chi connectivity index (χ4v) is 2.95. The molecular formula is C12H13Cl2NO3S. The lowest BCUT2D eigenvalue weighted by molar-refractivity contribution is 0.0951. The number of carbonyl (C=O) groups is 1. The van der Waals surface area contributed by atoms with E-state index in [9.17, 15) is 13.2 Å². The highest BCUT2D eigenvalue weighted by Crippen LogP contribution is 2.36. The Morgan fingerprint density at radius 2 is 2.05 bits per heavy atom. The van der Waals surface area contributed by atoms with Crippen molar-refractivity contribution in [1.82, 2.24) is 5.32 Å². The summed E-state index contributed by atoms with van der Waals surface area (Å²) in [4.78, 5) is 11.7. The summed E-state index contributed by atoms with van der Waals surface area (Å²) >= 11 is 5.80. The first-order valence-electron chi connectivity index (χ1n) is 5.81. The first-order valence-corrected chi connectivity index (χ1v) is 8.49. The molecule has 1 saturated carbocycles. The van der Waals surface area contributed by atoms with Crippen molar-refractivity contribution in [3.63, 3.8) is 0 Å². The van der Waals surface area contributed by atoms with Crippen LogP contribution in [0.3, 0.4) is 0 Å². The van der Waals surface area contributed by atoms with E-state index < -0.39 is 9.05 Å². The topological polar surface area (TPSA) is 63.2 Å². The van der Waals surface area contributed by atoms with Gasteiger partial charge in [-0.05, 0) is 36.5 Å². The van der Waals surface area contributed by atoms with Gasteiger partial charge in [0.2, 0.25) is 0 Å². The second-order valence-corrected chi connectivity index (χ2v) is 7.80. The van der Waals surface area contributed by atoms with Crippen molar-refractivity contribution >= 4 is 37.2 Å². The van der Waals surface area contributed by atoms with Crippen molar-refractivity contribution in [2.75, 3.05) is 6.54 Å². The molecule has 0 heterocycles. The summed E-state index contributed by atoms with van der Waals surface area (Å²) in [6.07, 6.45) is 1.11. The van der Waals surface area contributed by atoms with Crippen LogP contribution in [0.15, 0.2) is 23.1 Å². The van der Waals surface area contributed by atoms with Gasteiger partial charge >= 0.3 is 0 Å². The molecule has 0 saturated heterocycles. The number of amides is 1. The van der Waals surface area contributed by atoms with Gasteiger partial charge in [-0.1, -0.05) is 18.5 Å². The van der Waals surface area contributed by atoms with E-state index in [1.54, 1.807) is 0 Å². The molecule has 0 aliphatic heterocycles. The van der Waals surface area contributed by atoms with Crippen LogP contribution < -0.4 is 5.32 Å². The van der Waals surface area contributed by atoms with E-state index in [0.29, 0.717) is 18.4 Å². The van der Waals surface area contributed by atoms with E-state index in [1.807, 2.05) is 0 Å². The monoisotopic (exact) mass is 321 g/mol. The van der Waals surface area contributed by atoms with Crippen LogP contribution >= 0.6 is 22.3 Å². The van der Waals surface area contributed by atoms with Crippen LogP contribution in [0.4, 0.5) is 0 Å². The molecule has 7 heteroatoms. The van der Waals surface area contributed by atoms with E-state index in [-0.39, 0.29) is 21.4 Å². The number of halogens is 2. The zero-order valence-electron chi connectivity index (χ0n) is 10.2. The lowest BCUT2D eigenvalue weighted by atomic mass is 10.2. The number of hydrogen-bond donors (Lipinski definition) is 1. The molecule has 19 heavy (non-hydrogen) atoms. The summed E-state index contributed by atoms with van der Waals surface area (Å²) in [5, 5.41) is 2.92. The summed E-state index contributed by atoms with van der Waals surface area (Å²) in [5.41, 5.74) is 0.194. The minimum atomic E-state index is -3.90. The zero-order chi connectivity index (χ0) is 14.2. The van der Waals surface area contributed by atoms with Crippen LogP contribution in [0.25, 0.3) is 0 Å².